The van der Waals surface area contributed by atoms with E-state index in [2.05, 4.69) is 10.3 Å². The molecule has 1 saturated heterocycles. The van der Waals surface area contributed by atoms with Crippen molar-refractivity contribution in [2.45, 2.75) is 19.1 Å². The van der Waals surface area contributed by atoms with Crippen LogP contribution in [0.3, 0.4) is 0 Å². The van der Waals surface area contributed by atoms with Crippen LogP contribution in [0.1, 0.15) is 5.56 Å². The molecule has 0 unspecified atom stereocenters. The van der Waals surface area contributed by atoms with Crippen LogP contribution < -0.4 is 15.6 Å². The fourth-order valence-corrected chi connectivity index (χ4v) is 3.86. The van der Waals surface area contributed by atoms with Crippen LogP contribution in [0.25, 0.3) is 16.2 Å². The van der Waals surface area contributed by atoms with Crippen molar-refractivity contribution in [2.75, 3.05) is 25.0 Å². The summed E-state index contributed by atoms with van der Waals surface area (Å²) in [5.41, 5.74) is 1.23. The number of hydrogen-bond donors (Lipinski definition) is 2. The Hall–Kier alpha value is -2.29. The third-order valence-corrected chi connectivity index (χ3v) is 5.39. The van der Waals surface area contributed by atoms with Gasteiger partial charge in [0.15, 0.2) is 16.2 Å². The summed E-state index contributed by atoms with van der Waals surface area (Å²) in [4.78, 5) is 23.6. The van der Waals surface area contributed by atoms with Gasteiger partial charge in [-0.3, -0.25) is 9.36 Å². The molecule has 0 aliphatic carbocycles. The third-order valence-electron chi connectivity index (χ3n) is 4.62. The minimum absolute atomic E-state index is 0.0108. The van der Waals surface area contributed by atoms with Crippen LogP contribution in [0.5, 0.6) is 0 Å². The molecule has 1 aliphatic rings. The van der Waals surface area contributed by atoms with Crippen molar-refractivity contribution in [2.24, 2.45) is 0 Å². The van der Waals surface area contributed by atoms with E-state index in [9.17, 15) is 9.90 Å². The largest absolute Gasteiger partial charge is 0.390 e. The summed E-state index contributed by atoms with van der Waals surface area (Å²) < 4.78 is 1.86. The third kappa shape index (κ3) is 2.72. The van der Waals surface area contributed by atoms with Crippen molar-refractivity contribution in [3.63, 3.8) is 0 Å². The Morgan fingerprint density at radius 2 is 2.20 bits per heavy atom. The molecule has 0 amide bonds. The van der Waals surface area contributed by atoms with Crippen LogP contribution in [0, 0.1) is 6.92 Å². The second-order valence-corrected chi connectivity index (χ2v) is 7.11. The lowest BCUT2D eigenvalue weighted by molar-refractivity contribution is 0.168. The van der Waals surface area contributed by atoms with Crippen molar-refractivity contribution in [3.05, 3.63) is 45.7 Å². The molecule has 3 aromatic heterocycles. The first kappa shape index (κ1) is 16.2. The van der Waals surface area contributed by atoms with Gasteiger partial charge < -0.3 is 15.3 Å². The highest BCUT2D eigenvalue weighted by Gasteiger charge is 2.31. The second kappa shape index (κ2) is 6.21. The van der Waals surface area contributed by atoms with Crippen LogP contribution in [0.4, 0.5) is 5.82 Å². The zero-order valence-electron chi connectivity index (χ0n) is 14.0. The number of aryl methyl sites for hydroxylation is 1. The number of pyridine rings is 2. The summed E-state index contributed by atoms with van der Waals surface area (Å²) in [7, 11) is 1.84. The molecule has 1 aliphatic heterocycles. The summed E-state index contributed by atoms with van der Waals surface area (Å²) in [5.74, 6) is 0.748. The standard InChI is InChI=1S/C17H19N5O2S/c1-10-7-22(17-19-5-6-25-17)16-11(15(10)24)3-4-14(20-16)21-8-12(18-2)13(23)9-21/h3-7,12-13,18,23H,8-9H2,1-2H3/t12-,13-/m0/s1. The molecular weight excluding hydrogens is 338 g/mol. The van der Waals surface area contributed by atoms with Gasteiger partial charge >= 0.3 is 0 Å². The van der Waals surface area contributed by atoms with Gasteiger partial charge in [0.2, 0.25) is 0 Å². The van der Waals surface area contributed by atoms with Crippen molar-refractivity contribution in [3.8, 4) is 5.13 Å². The maximum Gasteiger partial charge on any atom is 0.195 e. The number of rotatable bonds is 3. The summed E-state index contributed by atoms with van der Waals surface area (Å²) >= 11 is 1.49. The zero-order chi connectivity index (χ0) is 17.6. The molecule has 1 fully saturated rings. The molecule has 0 spiro atoms. The quantitative estimate of drug-likeness (QED) is 0.725. The maximum atomic E-state index is 12.5. The zero-order valence-corrected chi connectivity index (χ0v) is 14.8. The Morgan fingerprint density at radius 3 is 2.88 bits per heavy atom. The predicted octanol–water partition coefficient (Wildman–Crippen LogP) is 0.920. The van der Waals surface area contributed by atoms with Gasteiger partial charge in [-0.25, -0.2) is 9.97 Å². The van der Waals surface area contributed by atoms with Crippen LogP contribution in [-0.4, -0.2) is 51.9 Å². The molecule has 3 aromatic rings. The van der Waals surface area contributed by atoms with E-state index in [4.69, 9.17) is 4.98 Å². The van der Waals surface area contributed by atoms with Gasteiger partial charge in [-0.2, -0.15) is 0 Å². The van der Waals surface area contributed by atoms with E-state index >= 15 is 0 Å². The summed E-state index contributed by atoms with van der Waals surface area (Å²) in [5, 5.41) is 16.5. The maximum absolute atomic E-state index is 12.5. The van der Waals surface area contributed by atoms with E-state index in [1.54, 1.807) is 19.3 Å². The Bertz CT molecular complexity index is 969. The van der Waals surface area contributed by atoms with Gasteiger partial charge in [-0.15, -0.1) is 11.3 Å². The fourth-order valence-electron chi connectivity index (χ4n) is 3.24. The number of likely N-dealkylation sites (N-methyl/N-ethyl adjacent to an activating group) is 1. The van der Waals surface area contributed by atoms with E-state index < -0.39 is 6.10 Å². The normalized spacial score (nSPS) is 20.5. The lowest BCUT2D eigenvalue weighted by atomic mass is 10.2. The number of hydrogen-bond acceptors (Lipinski definition) is 7. The van der Waals surface area contributed by atoms with Gasteiger partial charge in [0.05, 0.1) is 17.5 Å². The number of anilines is 1. The SMILES string of the molecule is CN[C@H]1CN(c2ccc3c(=O)c(C)cn(-c4nccs4)c3n2)C[C@@H]1O. The Labute approximate surface area is 148 Å². The number of aliphatic hydroxyl groups is 1. The van der Waals surface area contributed by atoms with Crippen LogP contribution in [0.2, 0.25) is 0 Å². The average molecular weight is 357 g/mol. The average Bonchev–Trinajstić information content (AvgIpc) is 3.27. The minimum Gasteiger partial charge on any atom is -0.390 e. The lowest BCUT2D eigenvalue weighted by Crippen LogP contribution is -2.36. The monoisotopic (exact) mass is 357 g/mol. The van der Waals surface area contributed by atoms with Crippen LogP contribution in [0.15, 0.2) is 34.7 Å². The van der Waals surface area contributed by atoms with Gasteiger partial charge in [0, 0.05) is 36.4 Å². The summed E-state index contributed by atoms with van der Waals surface area (Å²) in [6.07, 6.45) is 3.08. The van der Waals surface area contributed by atoms with Crippen molar-refractivity contribution >= 4 is 28.2 Å². The first-order valence-corrected chi connectivity index (χ1v) is 8.99. The van der Waals surface area contributed by atoms with Crippen molar-refractivity contribution in [1.82, 2.24) is 19.9 Å². The van der Waals surface area contributed by atoms with E-state index in [1.807, 2.05) is 34.0 Å². The van der Waals surface area contributed by atoms with Gasteiger partial charge in [0.25, 0.3) is 0 Å². The van der Waals surface area contributed by atoms with Gasteiger partial charge in [0.1, 0.15) is 5.82 Å². The number of aliphatic hydroxyl groups excluding tert-OH is 1. The highest BCUT2D eigenvalue weighted by atomic mass is 32.1. The number of thiazole rings is 1. The van der Waals surface area contributed by atoms with Gasteiger partial charge in [-0.05, 0) is 26.1 Å². The molecule has 0 radical (unpaired) electrons. The second-order valence-electron chi connectivity index (χ2n) is 6.23. The highest BCUT2D eigenvalue weighted by Crippen LogP contribution is 2.23. The molecule has 130 valence electrons. The predicted molar refractivity (Wildman–Crippen MR) is 98.8 cm³/mol. The number of nitrogens with zero attached hydrogens (tertiary/aromatic N) is 4. The molecule has 2 atom stereocenters. The molecule has 25 heavy (non-hydrogen) atoms. The first-order chi connectivity index (χ1) is 12.1. The van der Waals surface area contributed by atoms with Crippen LogP contribution in [-0.2, 0) is 0 Å². The molecule has 4 heterocycles. The highest BCUT2D eigenvalue weighted by molar-refractivity contribution is 7.12. The molecule has 7 nitrogen and oxygen atoms in total. The van der Waals surface area contributed by atoms with Gasteiger partial charge in [-0.1, -0.05) is 0 Å². The van der Waals surface area contributed by atoms with Crippen LogP contribution >= 0.6 is 11.3 Å². The Balaban J connectivity index is 1.86. The fraction of sp³-hybridized carbons (Fsp3) is 0.353. The molecule has 0 saturated carbocycles. The number of fused-ring (bicyclic) bond motifs is 1. The number of aromatic nitrogens is 3. The molecule has 2 N–H and O–H groups in total. The van der Waals surface area contributed by atoms with E-state index in [1.165, 1.54) is 11.3 Å². The van der Waals surface area contributed by atoms with E-state index in [-0.39, 0.29) is 11.5 Å². The topological polar surface area (TPSA) is 83.3 Å². The Kier molecular flexibility index (Phi) is 4.03. The van der Waals surface area contributed by atoms with Crippen molar-refractivity contribution in [1.29, 1.82) is 0 Å². The smallest absolute Gasteiger partial charge is 0.195 e. The molecule has 8 heteroatoms. The van der Waals surface area contributed by atoms with E-state index in [0.29, 0.717) is 29.7 Å². The molecular formula is C17H19N5O2S. The number of nitrogens with one attached hydrogen (secondary N) is 1. The summed E-state index contributed by atoms with van der Waals surface area (Å²) in [6.45, 7) is 2.98. The summed E-state index contributed by atoms with van der Waals surface area (Å²) in [6, 6.07) is 3.67. The molecule has 4 rings (SSSR count). The van der Waals surface area contributed by atoms with E-state index in [0.717, 1.165) is 10.9 Å². The Morgan fingerprint density at radius 1 is 1.36 bits per heavy atom. The van der Waals surface area contributed by atoms with Crippen molar-refractivity contribution < 1.29 is 5.11 Å². The minimum atomic E-state index is -0.443. The molecule has 0 aromatic carbocycles. The molecule has 0 bridgehead atoms. The number of β-amino-alcohol motifs (C(OH)–C–C–N with tert-alkyl or cyclic N) is 1. The lowest BCUT2D eigenvalue weighted by Gasteiger charge is -2.18. The first-order valence-electron chi connectivity index (χ1n) is 8.11.